The zero-order chi connectivity index (χ0) is 21.0. The van der Waals surface area contributed by atoms with Crippen molar-refractivity contribution in [2.75, 3.05) is 7.11 Å². The summed E-state index contributed by atoms with van der Waals surface area (Å²) in [5.74, 6) is -0.917. The van der Waals surface area contributed by atoms with Gasteiger partial charge >= 0.3 is 11.9 Å². The minimum absolute atomic E-state index is 0.0387. The number of carbonyl (C=O) groups excluding carboxylic acids is 2. The number of carbonyl (C=O) groups is 2. The van der Waals surface area contributed by atoms with E-state index in [9.17, 15) is 14.4 Å². The molecule has 1 heterocycles. The van der Waals surface area contributed by atoms with Crippen molar-refractivity contribution in [1.29, 1.82) is 0 Å². The van der Waals surface area contributed by atoms with Crippen LogP contribution in [0.3, 0.4) is 0 Å². The van der Waals surface area contributed by atoms with E-state index in [2.05, 4.69) is 5.10 Å². The van der Waals surface area contributed by atoms with Gasteiger partial charge in [0.15, 0.2) is 5.69 Å². The third kappa shape index (κ3) is 4.51. The first kappa shape index (κ1) is 20.3. The van der Waals surface area contributed by atoms with Crippen LogP contribution in [0.2, 0.25) is 0 Å². The maximum absolute atomic E-state index is 12.8. The Balaban J connectivity index is 1.90. The molecule has 0 radical (unpaired) electrons. The molecule has 3 rings (SSSR count). The summed E-state index contributed by atoms with van der Waals surface area (Å²) in [5.41, 5.74) is 0.859. The molecule has 150 valence electrons. The monoisotopic (exact) mass is 394 g/mol. The molecular formula is C22H22N2O5. The number of esters is 2. The van der Waals surface area contributed by atoms with E-state index >= 15 is 0 Å². The summed E-state index contributed by atoms with van der Waals surface area (Å²) in [6, 6.07) is 13.5. The molecule has 0 saturated heterocycles. The minimum atomic E-state index is -0.637. The average molecular weight is 394 g/mol. The molecule has 7 heteroatoms. The van der Waals surface area contributed by atoms with Crippen LogP contribution in [0.5, 0.6) is 0 Å². The third-order valence-electron chi connectivity index (χ3n) is 4.32. The van der Waals surface area contributed by atoms with Gasteiger partial charge in [0.05, 0.1) is 18.1 Å². The molecule has 0 atom stereocenters. The van der Waals surface area contributed by atoms with Gasteiger partial charge in [-0.1, -0.05) is 44.2 Å². The highest BCUT2D eigenvalue weighted by molar-refractivity contribution is 6.02. The molecule has 0 aliphatic rings. The van der Waals surface area contributed by atoms with Crippen LogP contribution in [0, 0.1) is 5.92 Å². The molecule has 0 spiro atoms. The van der Waals surface area contributed by atoms with Gasteiger partial charge in [0, 0.05) is 11.9 Å². The number of nitrogens with zero attached hydrogens (tertiary/aromatic N) is 2. The molecular weight excluding hydrogens is 372 g/mol. The van der Waals surface area contributed by atoms with Gasteiger partial charge in [-0.2, -0.15) is 5.10 Å². The molecule has 29 heavy (non-hydrogen) atoms. The number of fused-ring (bicyclic) bond motifs is 1. The van der Waals surface area contributed by atoms with Gasteiger partial charge in [-0.15, -0.1) is 0 Å². The second-order valence-electron chi connectivity index (χ2n) is 7.04. The number of rotatable bonds is 6. The van der Waals surface area contributed by atoms with Gasteiger partial charge in [-0.3, -0.25) is 4.79 Å². The van der Waals surface area contributed by atoms with Crippen molar-refractivity contribution in [3.63, 3.8) is 0 Å². The zero-order valence-corrected chi connectivity index (χ0v) is 16.5. The highest BCUT2D eigenvalue weighted by atomic mass is 16.5. The van der Waals surface area contributed by atoms with Crippen LogP contribution < -0.4 is 5.56 Å². The van der Waals surface area contributed by atoms with Crippen LogP contribution in [-0.2, 0) is 22.6 Å². The summed E-state index contributed by atoms with van der Waals surface area (Å²) in [5, 5.41) is 5.14. The quantitative estimate of drug-likeness (QED) is 0.597. The molecule has 1 aromatic heterocycles. The normalized spacial score (nSPS) is 10.9. The second-order valence-corrected chi connectivity index (χ2v) is 7.04. The molecule has 3 aromatic rings. The second kappa shape index (κ2) is 8.68. The zero-order valence-electron chi connectivity index (χ0n) is 16.5. The largest absolute Gasteiger partial charge is 0.465 e. The molecule has 0 saturated carbocycles. The van der Waals surface area contributed by atoms with Crippen molar-refractivity contribution in [2.24, 2.45) is 5.92 Å². The third-order valence-corrected chi connectivity index (χ3v) is 4.32. The minimum Gasteiger partial charge on any atom is -0.465 e. The summed E-state index contributed by atoms with van der Waals surface area (Å²) in [6.07, 6.45) is 0. The fraction of sp³-hybridized carbons (Fsp3) is 0.273. The first-order chi connectivity index (χ1) is 13.9. The molecule has 0 N–H and O–H groups in total. The van der Waals surface area contributed by atoms with Crippen LogP contribution in [0.4, 0.5) is 0 Å². The van der Waals surface area contributed by atoms with E-state index in [4.69, 9.17) is 9.47 Å². The average Bonchev–Trinajstić information content (AvgIpc) is 2.73. The van der Waals surface area contributed by atoms with E-state index < -0.39 is 11.9 Å². The van der Waals surface area contributed by atoms with Gasteiger partial charge in [0.2, 0.25) is 0 Å². The topological polar surface area (TPSA) is 87.5 Å². The molecule has 0 bridgehead atoms. The van der Waals surface area contributed by atoms with E-state index in [1.165, 1.54) is 11.8 Å². The molecule has 0 aliphatic carbocycles. The van der Waals surface area contributed by atoms with Crippen LogP contribution in [0.25, 0.3) is 10.8 Å². The summed E-state index contributed by atoms with van der Waals surface area (Å²) >= 11 is 0. The lowest BCUT2D eigenvalue weighted by Gasteiger charge is -2.12. The Morgan fingerprint density at radius 2 is 1.76 bits per heavy atom. The van der Waals surface area contributed by atoms with Crippen LogP contribution in [0.1, 0.15) is 40.3 Å². The number of hydrogen-bond acceptors (Lipinski definition) is 6. The maximum Gasteiger partial charge on any atom is 0.359 e. The molecule has 0 amide bonds. The lowest BCUT2D eigenvalue weighted by Crippen LogP contribution is -2.28. The Hall–Kier alpha value is -3.48. The molecule has 0 fully saturated rings. The number of methoxy groups -OCH3 is 1. The summed E-state index contributed by atoms with van der Waals surface area (Å²) in [6.45, 7) is 4.29. The lowest BCUT2D eigenvalue weighted by atomic mass is 10.1. The Labute approximate surface area is 167 Å². The van der Waals surface area contributed by atoms with Gasteiger partial charge in [0.1, 0.15) is 6.61 Å². The van der Waals surface area contributed by atoms with Crippen molar-refractivity contribution in [3.05, 3.63) is 75.7 Å². The lowest BCUT2D eigenvalue weighted by molar-refractivity contribution is 0.0465. The van der Waals surface area contributed by atoms with E-state index in [1.807, 2.05) is 13.8 Å². The number of ether oxygens (including phenoxy) is 2. The van der Waals surface area contributed by atoms with Gasteiger partial charge in [0.25, 0.3) is 5.56 Å². The van der Waals surface area contributed by atoms with Gasteiger partial charge in [-0.05, 0) is 29.7 Å². The number of aromatic nitrogens is 2. The van der Waals surface area contributed by atoms with Gasteiger partial charge in [-0.25, -0.2) is 14.3 Å². The first-order valence-electron chi connectivity index (χ1n) is 9.25. The van der Waals surface area contributed by atoms with E-state index in [0.717, 1.165) is 0 Å². The Morgan fingerprint density at radius 3 is 2.45 bits per heavy atom. The molecule has 2 aromatic carbocycles. The predicted octanol–water partition coefficient (Wildman–Crippen LogP) is 3.20. The van der Waals surface area contributed by atoms with Crippen molar-refractivity contribution >= 4 is 22.7 Å². The summed E-state index contributed by atoms with van der Waals surface area (Å²) < 4.78 is 11.4. The van der Waals surface area contributed by atoms with Gasteiger partial charge < -0.3 is 9.47 Å². The van der Waals surface area contributed by atoms with E-state index in [-0.39, 0.29) is 23.8 Å². The van der Waals surface area contributed by atoms with Crippen molar-refractivity contribution in [3.8, 4) is 0 Å². The van der Waals surface area contributed by atoms with Crippen LogP contribution in [0.15, 0.2) is 53.3 Å². The first-order valence-corrected chi connectivity index (χ1v) is 9.25. The highest BCUT2D eigenvalue weighted by Gasteiger charge is 2.18. The number of hydrogen-bond donors (Lipinski definition) is 0. The maximum atomic E-state index is 12.8. The van der Waals surface area contributed by atoms with Crippen LogP contribution in [-0.4, -0.2) is 28.8 Å². The van der Waals surface area contributed by atoms with E-state index in [1.54, 1.807) is 48.5 Å². The predicted molar refractivity (Wildman–Crippen MR) is 108 cm³/mol. The Morgan fingerprint density at radius 1 is 1.03 bits per heavy atom. The Kier molecular flexibility index (Phi) is 6.07. The van der Waals surface area contributed by atoms with Crippen molar-refractivity contribution in [2.45, 2.75) is 27.0 Å². The standard InChI is InChI=1S/C22H22N2O5/c1-14(2)12-24-20(25)18-10-5-4-9-17(18)19(23-24)22(27)29-13-15-7-6-8-16(11-15)21(26)28-3/h4-11,14H,12-13H2,1-3H3. The smallest absolute Gasteiger partial charge is 0.359 e. The molecule has 0 unspecified atom stereocenters. The number of benzene rings is 2. The van der Waals surface area contributed by atoms with Crippen molar-refractivity contribution in [1.82, 2.24) is 9.78 Å². The van der Waals surface area contributed by atoms with Crippen LogP contribution >= 0.6 is 0 Å². The highest BCUT2D eigenvalue weighted by Crippen LogP contribution is 2.16. The van der Waals surface area contributed by atoms with Crippen molar-refractivity contribution < 1.29 is 19.1 Å². The fourth-order valence-electron chi connectivity index (χ4n) is 2.98. The fourth-order valence-corrected chi connectivity index (χ4v) is 2.98. The van der Waals surface area contributed by atoms with E-state index in [0.29, 0.717) is 28.4 Å². The molecule has 0 aliphatic heterocycles. The summed E-state index contributed by atoms with van der Waals surface area (Å²) in [7, 11) is 1.30. The SMILES string of the molecule is COC(=O)c1cccc(COC(=O)c2nn(CC(C)C)c(=O)c3ccccc23)c1. The summed E-state index contributed by atoms with van der Waals surface area (Å²) in [4.78, 5) is 37.1. The Bertz CT molecular complexity index is 1120. The molecule has 7 nitrogen and oxygen atoms in total.